The molecule has 0 heterocycles. The molecule has 92 valence electrons. The van der Waals surface area contributed by atoms with Gasteiger partial charge in [-0.1, -0.05) is 13.8 Å². The van der Waals surface area contributed by atoms with Crippen molar-refractivity contribution in [2.75, 3.05) is 20.1 Å². The van der Waals surface area contributed by atoms with Crippen LogP contribution in [0.15, 0.2) is 0 Å². The number of carbonyl (C=O) groups excluding carboxylic acids is 1. The predicted octanol–water partition coefficient (Wildman–Crippen LogP) is 0.0689. The van der Waals surface area contributed by atoms with Crippen LogP contribution in [0.25, 0.3) is 0 Å². The largest absolute Gasteiger partial charge is 0.481 e. The third-order valence-electron chi connectivity index (χ3n) is 3.28. The Morgan fingerprint density at radius 2 is 1.88 bits per heavy atom. The van der Waals surface area contributed by atoms with Crippen molar-refractivity contribution in [1.29, 1.82) is 0 Å². The van der Waals surface area contributed by atoms with E-state index in [-0.39, 0.29) is 11.8 Å². The highest BCUT2D eigenvalue weighted by molar-refractivity contribution is 5.91. The van der Waals surface area contributed by atoms with Crippen LogP contribution in [0.4, 0.5) is 0 Å². The van der Waals surface area contributed by atoms with E-state index >= 15 is 0 Å². The number of rotatable bonds is 6. The molecular weight excluding hydrogens is 208 g/mol. The number of aliphatic carboxylic acids is 1. The van der Waals surface area contributed by atoms with E-state index < -0.39 is 17.3 Å². The highest BCUT2D eigenvalue weighted by atomic mass is 16.4. The average Bonchev–Trinajstić information content (AvgIpc) is 2.76. The van der Waals surface area contributed by atoms with Gasteiger partial charge < -0.3 is 15.7 Å². The lowest BCUT2D eigenvalue weighted by molar-refractivity contribution is -0.140. The van der Waals surface area contributed by atoms with E-state index in [1.807, 2.05) is 20.9 Å². The van der Waals surface area contributed by atoms with E-state index in [0.717, 1.165) is 13.0 Å². The van der Waals surface area contributed by atoms with Crippen molar-refractivity contribution in [3.63, 3.8) is 0 Å². The molecule has 0 aromatic carbocycles. The molecule has 1 aliphatic rings. The van der Waals surface area contributed by atoms with Gasteiger partial charge in [-0.3, -0.25) is 9.59 Å². The molecule has 1 saturated carbocycles. The van der Waals surface area contributed by atoms with Gasteiger partial charge in [-0.25, -0.2) is 0 Å². The fourth-order valence-electron chi connectivity index (χ4n) is 2.17. The first-order valence-electron chi connectivity index (χ1n) is 5.58. The Balaban J connectivity index is 2.36. The van der Waals surface area contributed by atoms with Crippen molar-refractivity contribution in [2.45, 2.75) is 20.3 Å². The maximum atomic E-state index is 11.7. The maximum absolute atomic E-state index is 11.7. The van der Waals surface area contributed by atoms with Gasteiger partial charge in [0.05, 0.1) is 11.8 Å². The standard InChI is InChI=1S/C11H20N2O3/c1-11(2)7(8(11)10(15)16)9(14)13-6-4-5-12-3/h7-8,12H,4-6H2,1-3H3,(H,13,14)(H,15,16). The van der Waals surface area contributed by atoms with E-state index in [2.05, 4.69) is 10.6 Å². The van der Waals surface area contributed by atoms with Crippen molar-refractivity contribution in [2.24, 2.45) is 17.3 Å². The molecular formula is C11H20N2O3. The lowest BCUT2D eigenvalue weighted by Crippen LogP contribution is -2.29. The van der Waals surface area contributed by atoms with Gasteiger partial charge in [0, 0.05) is 6.54 Å². The number of hydrogen-bond acceptors (Lipinski definition) is 3. The molecule has 1 rings (SSSR count). The highest BCUT2D eigenvalue weighted by Crippen LogP contribution is 2.58. The summed E-state index contributed by atoms with van der Waals surface area (Å²) in [5.41, 5.74) is -0.404. The van der Waals surface area contributed by atoms with E-state index in [9.17, 15) is 9.59 Å². The molecule has 5 nitrogen and oxygen atoms in total. The molecule has 0 aliphatic heterocycles. The van der Waals surface area contributed by atoms with Crippen LogP contribution >= 0.6 is 0 Å². The summed E-state index contributed by atoms with van der Waals surface area (Å²) in [5.74, 6) is -1.91. The SMILES string of the molecule is CNCCCNC(=O)C1C(C(=O)O)C1(C)C. The Morgan fingerprint density at radius 3 is 2.31 bits per heavy atom. The van der Waals surface area contributed by atoms with Crippen molar-refractivity contribution in [1.82, 2.24) is 10.6 Å². The van der Waals surface area contributed by atoms with Crippen molar-refractivity contribution >= 4 is 11.9 Å². The van der Waals surface area contributed by atoms with Crippen LogP contribution in [0.1, 0.15) is 20.3 Å². The van der Waals surface area contributed by atoms with Gasteiger partial charge in [0.1, 0.15) is 0 Å². The molecule has 5 heteroatoms. The summed E-state index contributed by atoms with van der Waals surface area (Å²) in [4.78, 5) is 22.6. The second-order valence-corrected chi connectivity index (χ2v) is 4.86. The van der Waals surface area contributed by atoms with Gasteiger partial charge in [-0.15, -0.1) is 0 Å². The number of carbonyl (C=O) groups is 2. The Morgan fingerprint density at radius 1 is 1.25 bits per heavy atom. The summed E-state index contributed by atoms with van der Waals surface area (Å²) in [6, 6.07) is 0. The topological polar surface area (TPSA) is 78.4 Å². The van der Waals surface area contributed by atoms with E-state index in [1.54, 1.807) is 0 Å². The lowest BCUT2D eigenvalue weighted by atomic mass is 10.1. The van der Waals surface area contributed by atoms with Gasteiger partial charge in [0.15, 0.2) is 0 Å². The highest BCUT2D eigenvalue weighted by Gasteiger charge is 2.65. The zero-order valence-corrected chi connectivity index (χ0v) is 10.0. The molecule has 2 atom stereocenters. The Bertz CT molecular complexity index is 289. The van der Waals surface area contributed by atoms with Crippen LogP contribution in [0.5, 0.6) is 0 Å². The Hall–Kier alpha value is -1.10. The molecule has 0 radical (unpaired) electrons. The number of nitrogens with one attached hydrogen (secondary N) is 2. The molecule has 0 saturated heterocycles. The third kappa shape index (κ3) is 2.52. The molecule has 1 amide bonds. The minimum absolute atomic E-state index is 0.131. The fraction of sp³-hybridized carbons (Fsp3) is 0.818. The predicted molar refractivity (Wildman–Crippen MR) is 60.0 cm³/mol. The Labute approximate surface area is 95.6 Å². The summed E-state index contributed by atoms with van der Waals surface area (Å²) >= 11 is 0. The lowest BCUT2D eigenvalue weighted by Gasteiger charge is -2.05. The van der Waals surface area contributed by atoms with E-state index in [1.165, 1.54) is 0 Å². The minimum atomic E-state index is -0.875. The quantitative estimate of drug-likeness (QED) is 0.562. The first kappa shape index (κ1) is 13.0. The smallest absolute Gasteiger partial charge is 0.307 e. The van der Waals surface area contributed by atoms with Gasteiger partial charge in [-0.05, 0) is 25.4 Å². The number of hydrogen-bond donors (Lipinski definition) is 3. The monoisotopic (exact) mass is 228 g/mol. The van der Waals surface area contributed by atoms with Crippen molar-refractivity contribution < 1.29 is 14.7 Å². The number of carboxylic acid groups (broad SMARTS) is 1. The first-order valence-corrected chi connectivity index (χ1v) is 5.58. The van der Waals surface area contributed by atoms with Gasteiger partial charge in [0.2, 0.25) is 5.91 Å². The van der Waals surface area contributed by atoms with Gasteiger partial charge in [0.25, 0.3) is 0 Å². The first-order chi connectivity index (χ1) is 7.42. The van der Waals surface area contributed by atoms with E-state index in [4.69, 9.17) is 5.11 Å². The number of carboxylic acids is 1. The zero-order chi connectivity index (χ0) is 12.3. The van der Waals surface area contributed by atoms with Crippen molar-refractivity contribution in [3.8, 4) is 0 Å². The minimum Gasteiger partial charge on any atom is -0.481 e. The molecule has 1 fully saturated rings. The van der Waals surface area contributed by atoms with Crippen LogP contribution in [-0.2, 0) is 9.59 Å². The normalized spacial score (nSPS) is 26.2. The second-order valence-electron chi connectivity index (χ2n) is 4.86. The fourth-order valence-corrected chi connectivity index (χ4v) is 2.17. The third-order valence-corrected chi connectivity index (χ3v) is 3.28. The van der Waals surface area contributed by atoms with Crippen LogP contribution in [0.2, 0.25) is 0 Å². The van der Waals surface area contributed by atoms with Crippen molar-refractivity contribution in [3.05, 3.63) is 0 Å². The second kappa shape index (κ2) is 4.82. The maximum Gasteiger partial charge on any atom is 0.307 e. The summed E-state index contributed by atoms with van der Waals surface area (Å²) in [7, 11) is 1.85. The van der Waals surface area contributed by atoms with Crippen LogP contribution in [0, 0.1) is 17.3 Å². The van der Waals surface area contributed by atoms with Crippen LogP contribution in [0.3, 0.4) is 0 Å². The molecule has 1 aliphatic carbocycles. The van der Waals surface area contributed by atoms with E-state index in [0.29, 0.717) is 6.54 Å². The Kier molecular flexibility index (Phi) is 3.91. The molecule has 0 aromatic heterocycles. The van der Waals surface area contributed by atoms with Gasteiger partial charge >= 0.3 is 5.97 Å². The van der Waals surface area contributed by atoms with Crippen LogP contribution in [-0.4, -0.2) is 37.1 Å². The average molecular weight is 228 g/mol. The molecule has 16 heavy (non-hydrogen) atoms. The summed E-state index contributed by atoms with van der Waals surface area (Å²) in [6.45, 7) is 5.09. The van der Waals surface area contributed by atoms with Crippen LogP contribution < -0.4 is 10.6 Å². The molecule has 0 bridgehead atoms. The summed E-state index contributed by atoms with van der Waals surface area (Å²) < 4.78 is 0. The number of amides is 1. The molecule has 3 N–H and O–H groups in total. The summed E-state index contributed by atoms with van der Waals surface area (Å²) in [5, 5.41) is 14.7. The molecule has 0 aromatic rings. The zero-order valence-electron chi connectivity index (χ0n) is 10.0. The molecule has 0 spiro atoms. The summed E-state index contributed by atoms with van der Waals surface area (Å²) in [6.07, 6.45) is 0.854. The molecule has 2 unspecified atom stereocenters. The van der Waals surface area contributed by atoms with Gasteiger partial charge in [-0.2, -0.15) is 0 Å².